The number of ether oxygens (including phenoxy) is 3. The third-order valence-corrected chi connectivity index (χ3v) is 2.77. The Morgan fingerprint density at radius 3 is 2.44 bits per heavy atom. The molecule has 0 amide bonds. The summed E-state index contributed by atoms with van der Waals surface area (Å²) in [5.74, 6) is 0.953. The number of methoxy groups -OCH3 is 3. The van der Waals surface area contributed by atoms with E-state index in [2.05, 4.69) is 5.32 Å². The van der Waals surface area contributed by atoms with Crippen LogP contribution < -0.4 is 10.1 Å². The van der Waals surface area contributed by atoms with Crippen LogP contribution in [0.15, 0.2) is 18.2 Å². The van der Waals surface area contributed by atoms with Gasteiger partial charge in [0.05, 0.1) is 13.2 Å². The molecule has 0 saturated heterocycles. The first-order chi connectivity index (χ1) is 8.62. The summed E-state index contributed by atoms with van der Waals surface area (Å²) in [4.78, 5) is 0. The minimum absolute atomic E-state index is 0.00519. The van der Waals surface area contributed by atoms with Gasteiger partial charge in [0.25, 0.3) is 0 Å². The van der Waals surface area contributed by atoms with Crippen molar-refractivity contribution >= 4 is 0 Å². The van der Waals surface area contributed by atoms with Crippen molar-refractivity contribution in [3.8, 4) is 11.5 Å². The van der Waals surface area contributed by atoms with Crippen LogP contribution in [0.5, 0.6) is 11.5 Å². The van der Waals surface area contributed by atoms with Crippen molar-refractivity contribution < 1.29 is 19.3 Å². The standard InChI is InChI=1S/C13H21NO4/c1-9(13(17-3)18-4)14-8-10-7-11(16-2)5-6-12(10)15/h5-7,9,13-15H,8H2,1-4H3. The number of phenolic OH excluding ortho intramolecular Hbond substituents is 1. The first-order valence-electron chi connectivity index (χ1n) is 5.77. The fourth-order valence-electron chi connectivity index (χ4n) is 1.70. The van der Waals surface area contributed by atoms with Gasteiger partial charge in [0.15, 0.2) is 6.29 Å². The predicted octanol–water partition coefficient (Wildman–Crippen LogP) is 1.50. The fraction of sp³-hybridized carbons (Fsp3) is 0.538. The number of hydrogen-bond acceptors (Lipinski definition) is 5. The average Bonchev–Trinajstić information content (AvgIpc) is 2.39. The molecule has 0 saturated carbocycles. The quantitative estimate of drug-likeness (QED) is 0.723. The summed E-state index contributed by atoms with van der Waals surface area (Å²) in [7, 11) is 4.78. The van der Waals surface area contributed by atoms with Gasteiger partial charge in [-0.3, -0.25) is 0 Å². The Balaban J connectivity index is 2.62. The second-order valence-electron chi connectivity index (χ2n) is 4.00. The number of phenols is 1. The molecule has 0 fully saturated rings. The van der Waals surface area contributed by atoms with Crippen molar-refractivity contribution in [3.63, 3.8) is 0 Å². The van der Waals surface area contributed by atoms with Crippen LogP contribution in [0.1, 0.15) is 12.5 Å². The molecule has 2 N–H and O–H groups in total. The predicted molar refractivity (Wildman–Crippen MR) is 68.8 cm³/mol. The van der Waals surface area contributed by atoms with Crippen LogP contribution in [0, 0.1) is 0 Å². The number of hydrogen-bond donors (Lipinski definition) is 2. The van der Waals surface area contributed by atoms with Gasteiger partial charge in [0.2, 0.25) is 0 Å². The van der Waals surface area contributed by atoms with E-state index in [1.165, 1.54) is 0 Å². The average molecular weight is 255 g/mol. The van der Waals surface area contributed by atoms with Crippen LogP contribution in [0.25, 0.3) is 0 Å². The first-order valence-corrected chi connectivity index (χ1v) is 5.77. The van der Waals surface area contributed by atoms with Crippen LogP contribution in [0.3, 0.4) is 0 Å². The summed E-state index contributed by atoms with van der Waals surface area (Å²) in [5, 5.41) is 13.0. The molecular weight excluding hydrogens is 234 g/mol. The summed E-state index contributed by atoms with van der Waals surface area (Å²) in [6.07, 6.45) is -0.322. The van der Waals surface area contributed by atoms with E-state index < -0.39 is 0 Å². The molecule has 5 nitrogen and oxygen atoms in total. The zero-order chi connectivity index (χ0) is 13.5. The van der Waals surface area contributed by atoms with E-state index in [-0.39, 0.29) is 18.1 Å². The highest BCUT2D eigenvalue weighted by atomic mass is 16.7. The van der Waals surface area contributed by atoms with Gasteiger partial charge in [-0.15, -0.1) is 0 Å². The van der Waals surface area contributed by atoms with Gasteiger partial charge >= 0.3 is 0 Å². The van der Waals surface area contributed by atoms with E-state index in [0.717, 1.165) is 5.56 Å². The van der Waals surface area contributed by atoms with Crippen molar-refractivity contribution in [2.45, 2.75) is 25.8 Å². The van der Waals surface area contributed by atoms with Crippen LogP contribution in [0.2, 0.25) is 0 Å². The Hall–Kier alpha value is -1.30. The van der Waals surface area contributed by atoms with Gasteiger partial charge in [0, 0.05) is 26.3 Å². The zero-order valence-corrected chi connectivity index (χ0v) is 11.3. The lowest BCUT2D eigenvalue weighted by atomic mass is 10.1. The molecule has 0 aliphatic carbocycles. The maximum atomic E-state index is 9.74. The third-order valence-electron chi connectivity index (χ3n) is 2.77. The minimum atomic E-state index is -0.322. The van der Waals surface area contributed by atoms with E-state index in [1.807, 2.05) is 6.92 Å². The van der Waals surface area contributed by atoms with Crippen molar-refractivity contribution in [2.75, 3.05) is 21.3 Å². The highest BCUT2D eigenvalue weighted by Crippen LogP contribution is 2.22. The normalized spacial score (nSPS) is 12.7. The van der Waals surface area contributed by atoms with Gasteiger partial charge in [-0.25, -0.2) is 0 Å². The summed E-state index contributed by atoms with van der Waals surface area (Å²) in [5.41, 5.74) is 0.771. The maximum absolute atomic E-state index is 9.74. The van der Waals surface area contributed by atoms with Gasteiger partial charge in [-0.2, -0.15) is 0 Å². The number of benzene rings is 1. The Bertz CT molecular complexity index is 366. The molecule has 1 rings (SSSR count). The maximum Gasteiger partial charge on any atom is 0.171 e. The van der Waals surface area contributed by atoms with E-state index >= 15 is 0 Å². The lowest BCUT2D eigenvalue weighted by Crippen LogP contribution is -2.39. The zero-order valence-electron chi connectivity index (χ0n) is 11.3. The molecular formula is C13H21NO4. The summed E-state index contributed by atoms with van der Waals surface area (Å²) >= 11 is 0. The van der Waals surface area contributed by atoms with Gasteiger partial charge in [-0.05, 0) is 25.1 Å². The van der Waals surface area contributed by atoms with Gasteiger partial charge in [0.1, 0.15) is 11.5 Å². The lowest BCUT2D eigenvalue weighted by molar-refractivity contribution is -0.119. The Morgan fingerprint density at radius 1 is 1.22 bits per heavy atom. The van der Waals surface area contributed by atoms with Gasteiger partial charge in [-0.1, -0.05) is 0 Å². The lowest BCUT2D eigenvalue weighted by Gasteiger charge is -2.22. The van der Waals surface area contributed by atoms with Crippen LogP contribution in [0.4, 0.5) is 0 Å². The smallest absolute Gasteiger partial charge is 0.171 e. The molecule has 0 spiro atoms. The molecule has 1 unspecified atom stereocenters. The summed E-state index contributed by atoms with van der Waals surface area (Å²) in [6, 6.07) is 5.13. The van der Waals surface area contributed by atoms with Crippen molar-refractivity contribution in [2.24, 2.45) is 0 Å². The molecule has 1 aromatic rings. The highest BCUT2D eigenvalue weighted by Gasteiger charge is 2.15. The molecule has 0 aromatic heterocycles. The number of rotatable bonds is 7. The Morgan fingerprint density at radius 2 is 1.89 bits per heavy atom. The van der Waals surface area contributed by atoms with E-state index in [4.69, 9.17) is 14.2 Å². The third kappa shape index (κ3) is 3.87. The largest absolute Gasteiger partial charge is 0.508 e. The molecule has 102 valence electrons. The molecule has 5 heteroatoms. The monoisotopic (exact) mass is 255 g/mol. The Labute approximate surface area is 108 Å². The van der Waals surface area contributed by atoms with E-state index in [1.54, 1.807) is 39.5 Å². The van der Waals surface area contributed by atoms with Crippen molar-refractivity contribution in [3.05, 3.63) is 23.8 Å². The molecule has 0 heterocycles. The van der Waals surface area contributed by atoms with Crippen molar-refractivity contribution in [1.29, 1.82) is 0 Å². The minimum Gasteiger partial charge on any atom is -0.508 e. The highest BCUT2D eigenvalue weighted by molar-refractivity contribution is 5.39. The van der Waals surface area contributed by atoms with Crippen molar-refractivity contribution in [1.82, 2.24) is 5.32 Å². The number of nitrogens with one attached hydrogen (secondary N) is 1. The molecule has 0 aliphatic rings. The fourth-order valence-corrected chi connectivity index (χ4v) is 1.70. The van der Waals surface area contributed by atoms with Gasteiger partial charge < -0.3 is 24.6 Å². The van der Waals surface area contributed by atoms with Crippen LogP contribution in [-0.2, 0) is 16.0 Å². The molecule has 0 bridgehead atoms. The second kappa shape index (κ2) is 7.20. The SMILES string of the molecule is COc1ccc(O)c(CNC(C)C(OC)OC)c1. The van der Waals surface area contributed by atoms with E-state index in [0.29, 0.717) is 12.3 Å². The Kier molecular flexibility index (Phi) is 5.91. The summed E-state index contributed by atoms with van der Waals surface area (Å²) in [6.45, 7) is 2.46. The summed E-state index contributed by atoms with van der Waals surface area (Å²) < 4.78 is 15.4. The van der Waals surface area contributed by atoms with Crippen LogP contribution in [-0.4, -0.2) is 38.8 Å². The molecule has 1 atom stereocenters. The number of aromatic hydroxyl groups is 1. The molecule has 18 heavy (non-hydrogen) atoms. The van der Waals surface area contributed by atoms with Crippen LogP contribution >= 0.6 is 0 Å². The molecule has 1 aromatic carbocycles. The molecule has 0 radical (unpaired) electrons. The topological polar surface area (TPSA) is 60.0 Å². The second-order valence-corrected chi connectivity index (χ2v) is 4.00. The first kappa shape index (κ1) is 14.8. The van der Waals surface area contributed by atoms with E-state index in [9.17, 15) is 5.11 Å². The molecule has 0 aliphatic heterocycles.